The van der Waals surface area contributed by atoms with Gasteiger partial charge in [-0.3, -0.25) is 4.79 Å². The second kappa shape index (κ2) is 5.46. The second-order valence-electron chi connectivity index (χ2n) is 4.81. The Bertz CT molecular complexity index is 604. The van der Waals surface area contributed by atoms with Gasteiger partial charge in [0.05, 0.1) is 18.2 Å². The molecule has 1 N–H and O–H groups in total. The number of anilines is 1. The molecule has 1 aliphatic heterocycles. The van der Waals surface area contributed by atoms with Crippen molar-refractivity contribution in [1.82, 2.24) is 4.57 Å². The van der Waals surface area contributed by atoms with Gasteiger partial charge >= 0.3 is 0 Å². The summed E-state index contributed by atoms with van der Waals surface area (Å²) < 4.78 is 20.7. The predicted octanol–water partition coefficient (Wildman–Crippen LogP) is 2.59. The lowest BCUT2D eigenvalue weighted by atomic mass is 10.1. The van der Waals surface area contributed by atoms with Gasteiger partial charge in [-0.1, -0.05) is 0 Å². The van der Waals surface area contributed by atoms with Gasteiger partial charge in [0.25, 0.3) is 0 Å². The van der Waals surface area contributed by atoms with Crippen molar-refractivity contribution >= 4 is 11.6 Å². The molecule has 1 unspecified atom stereocenters. The van der Waals surface area contributed by atoms with Gasteiger partial charge in [0.1, 0.15) is 5.82 Å². The Morgan fingerprint density at radius 2 is 2.15 bits per heavy atom. The molecule has 1 aromatic carbocycles. The van der Waals surface area contributed by atoms with Gasteiger partial charge in [0.2, 0.25) is 5.91 Å². The average Bonchev–Trinajstić information content (AvgIpc) is 3.14. The highest BCUT2D eigenvalue weighted by molar-refractivity contribution is 5.93. The van der Waals surface area contributed by atoms with Crippen LogP contribution in [0.1, 0.15) is 6.42 Å². The molecule has 2 heterocycles. The first-order chi connectivity index (χ1) is 9.74. The molecule has 0 radical (unpaired) electrons. The highest BCUT2D eigenvalue weighted by Crippen LogP contribution is 2.21. The molecule has 2 aromatic rings. The van der Waals surface area contributed by atoms with E-state index >= 15 is 0 Å². The lowest BCUT2D eigenvalue weighted by Gasteiger charge is -2.11. The van der Waals surface area contributed by atoms with E-state index in [1.807, 2.05) is 12.1 Å². The molecule has 5 heteroatoms. The molecule has 1 atom stereocenters. The number of ether oxygens (including phenoxy) is 1. The van der Waals surface area contributed by atoms with E-state index in [1.165, 1.54) is 6.07 Å². The highest BCUT2D eigenvalue weighted by Gasteiger charge is 2.23. The number of benzene rings is 1. The first-order valence-corrected chi connectivity index (χ1v) is 6.55. The molecule has 0 bridgehead atoms. The molecule has 104 valence electrons. The van der Waals surface area contributed by atoms with Gasteiger partial charge < -0.3 is 14.6 Å². The van der Waals surface area contributed by atoms with E-state index in [-0.39, 0.29) is 17.6 Å². The van der Waals surface area contributed by atoms with Gasteiger partial charge in [-0.15, -0.1) is 0 Å². The molecule has 4 nitrogen and oxygen atoms in total. The molecule has 3 rings (SSSR count). The molecule has 0 spiro atoms. The SMILES string of the molecule is O=C(Nc1ccc(F)c(-n2cccc2)c1)C1CCOC1. The van der Waals surface area contributed by atoms with Gasteiger partial charge in [0, 0.05) is 24.7 Å². The summed E-state index contributed by atoms with van der Waals surface area (Å²) in [5, 5.41) is 2.81. The third kappa shape index (κ3) is 2.58. The zero-order valence-electron chi connectivity index (χ0n) is 10.9. The molecule has 1 fully saturated rings. The third-order valence-electron chi connectivity index (χ3n) is 3.40. The Labute approximate surface area is 116 Å². The fourth-order valence-electron chi connectivity index (χ4n) is 2.27. The lowest BCUT2D eigenvalue weighted by molar-refractivity contribution is -0.119. The first kappa shape index (κ1) is 12.9. The van der Waals surface area contributed by atoms with Crippen LogP contribution in [0.2, 0.25) is 0 Å². The van der Waals surface area contributed by atoms with Crippen molar-refractivity contribution in [3.05, 3.63) is 48.5 Å². The highest BCUT2D eigenvalue weighted by atomic mass is 19.1. The summed E-state index contributed by atoms with van der Waals surface area (Å²) in [6.07, 6.45) is 4.25. The second-order valence-corrected chi connectivity index (χ2v) is 4.81. The summed E-state index contributed by atoms with van der Waals surface area (Å²) >= 11 is 0. The Morgan fingerprint density at radius 1 is 1.35 bits per heavy atom. The number of carbonyl (C=O) groups excluding carboxylic acids is 1. The molecule has 20 heavy (non-hydrogen) atoms. The van der Waals surface area contributed by atoms with E-state index in [1.54, 1.807) is 29.1 Å². The van der Waals surface area contributed by atoms with E-state index in [4.69, 9.17) is 4.74 Å². The fourth-order valence-corrected chi connectivity index (χ4v) is 2.27. The van der Waals surface area contributed by atoms with Crippen molar-refractivity contribution in [2.75, 3.05) is 18.5 Å². The van der Waals surface area contributed by atoms with Gasteiger partial charge in [-0.25, -0.2) is 4.39 Å². The number of hydrogen-bond donors (Lipinski definition) is 1. The third-order valence-corrected chi connectivity index (χ3v) is 3.40. The molecule has 1 amide bonds. The van der Waals surface area contributed by atoms with Crippen molar-refractivity contribution in [3.63, 3.8) is 0 Å². The van der Waals surface area contributed by atoms with Gasteiger partial charge in [-0.2, -0.15) is 0 Å². The minimum absolute atomic E-state index is 0.0763. The summed E-state index contributed by atoms with van der Waals surface area (Å²) in [6, 6.07) is 8.19. The summed E-state index contributed by atoms with van der Waals surface area (Å²) in [6.45, 7) is 1.08. The van der Waals surface area contributed by atoms with Gasteiger partial charge in [0.15, 0.2) is 0 Å². The Hall–Kier alpha value is -2.14. The number of aromatic nitrogens is 1. The number of rotatable bonds is 3. The number of carbonyl (C=O) groups is 1. The monoisotopic (exact) mass is 274 g/mol. The summed E-state index contributed by atoms with van der Waals surface area (Å²) in [5.41, 5.74) is 1.00. The standard InChI is InChI=1S/C15H15FN2O2/c16-13-4-3-12(9-14(13)18-6-1-2-7-18)17-15(19)11-5-8-20-10-11/h1-4,6-7,9,11H,5,8,10H2,(H,17,19). The summed E-state index contributed by atoms with van der Waals surface area (Å²) in [4.78, 5) is 12.0. The summed E-state index contributed by atoms with van der Waals surface area (Å²) in [7, 11) is 0. The zero-order valence-corrected chi connectivity index (χ0v) is 10.9. The van der Waals surface area contributed by atoms with Crippen molar-refractivity contribution in [1.29, 1.82) is 0 Å². The van der Waals surface area contributed by atoms with Gasteiger partial charge in [-0.05, 0) is 36.8 Å². The zero-order chi connectivity index (χ0) is 13.9. The normalized spacial score (nSPS) is 18.1. The molecule has 1 aromatic heterocycles. The molecular weight excluding hydrogens is 259 g/mol. The maximum absolute atomic E-state index is 13.8. The molecule has 1 aliphatic rings. The van der Waals surface area contributed by atoms with E-state index in [2.05, 4.69) is 5.32 Å². The van der Waals surface area contributed by atoms with Crippen LogP contribution in [0.15, 0.2) is 42.7 Å². The number of amides is 1. The van der Waals surface area contributed by atoms with E-state index in [0.29, 0.717) is 24.6 Å². The van der Waals surface area contributed by atoms with Crippen LogP contribution in [-0.4, -0.2) is 23.7 Å². The minimum Gasteiger partial charge on any atom is -0.381 e. The van der Waals surface area contributed by atoms with E-state index < -0.39 is 0 Å². The van der Waals surface area contributed by atoms with Crippen LogP contribution in [0.4, 0.5) is 10.1 Å². The minimum atomic E-state index is -0.330. The van der Waals surface area contributed by atoms with Crippen LogP contribution < -0.4 is 5.32 Å². The number of nitrogens with one attached hydrogen (secondary N) is 1. The maximum atomic E-state index is 13.8. The number of nitrogens with zero attached hydrogens (tertiary/aromatic N) is 1. The predicted molar refractivity (Wildman–Crippen MR) is 73.3 cm³/mol. The number of hydrogen-bond acceptors (Lipinski definition) is 2. The Balaban J connectivity index is 1.80. The van der Waals surface area contributed by atoms with Crippen molar-refractivity contribution < 1.29 is 13.9 Å². The first-order valence-electron chi connectivity index (χ1n) is 6.55. The van der Waals surface area contributed by atoms with Crippen LogP contribution in [0.25, 0.3) is 5.69 Å². The maximum Gasteiger partial charge on any atom is 0.229 e. The number of halogens is 1. The van der Waals surface area contributed by atoms with Crippen LogP contribution in [0.5, 0.6) is 0 Å². The van der Waals surface area contributed by atoms with E-state index in [0.717, 1.165) is 6.42 Å². The summed E-state index contributed by atoms with van der Waals surface area (Å²) in [5.74, 6) is -0.522. The lowest BCUT2D eigenvalue weighted by Crippen LogP contribution is -2.22. The van der Waals surface area contributed by atoms with Crippen LogP contribution in [0.3, 0.4) is 0 Å². The molecular formula is C15H15FN2O2. The topological polar surface area (TPSA) is 43.3 Å². The van der Waals surface area contributed by atoms with Crippen molar-refractivity contribution in [3.8, 4) is 5.69 Å². The quantitative estimate of drug-likeness (QED) is 0.935. The van der Waals surface area contributed by atoms with E-state index in [9.17, 15) is 9.18 Å². The van der Waals surface area contributed by atoms with Crippen LogP contribution in [0, 0.1) is 11.7 Å². The molecule has 0 saturated carbocycles. The fraction of sp³-hybridized carbons (Fsp3) is 0.267. The molecule has 0 aliphatic carbocycles. The van der Waals surface area contributed by atoms with Crippen LogP contribution >= 0.6 is 0 Å². The Morgan fingerprint density at radius 3 is 2.85 bits per heavy atom. The smallest absolute Gasteiger partial charge is 0.229 e. The van der Waals surface area contributed by atoms with Crippen molar-refractivity contribution in [2.45, 2.75) is 6.42 Å². The van der Waals surface area contributed by atoms with Crippen molar-refractivity contribution in [2.24, 2.45) is 5.92 Å². The van der Waals surface area contributed by atoms with Crippen LogP contribution in [-0.2, 0) is 9.53 Å². The average molecular weight is 274 g/mol. The Kier molecular flexibility index (Phi) is 3.52. The largest absolute Gasteiger partial charge is 0.381 e. The molecule has 1 saturated heterocycles.